The second-order valence-electron chi connectivity index (χ2n) is 7.13. The van der Waals surface area contributed by atoms with Crippen LogP contribution < -0.4 is 10.1 Å². The van der Waals surface area contributed by atoms with Crippen molar-refractivity contribution in [2.24, 2.45) is 0 Å². The lowest BCUT2D eigenvalue weighted by molar-refractivity contribution is -0.181. The van der Waals surface area contributed by atoms with Crippen LogP contribution in [0, 0.1) is 0 Å². The molecule has 1 spiro atoms. The number of hydrogen-bond donors (Lipinski definition) is 1. The van der Waals surface area contributed by atoms with E-state index in [2.05, 4.69) is 5.32 Å². The molecule has 2 aliphatic rings. The highest BCUT2D eigenvalue weighted by atomic mass is 16.7. The van der Waals surface area contributed by atoms with Crippen LogP contribution in [0.2, 0.25) is 0 Å². The molecule has 152 valence electrons. The van der Waals surface area contributed by atoms with Crippen LogP contribution in [0.4, 0.5) is 5.69 Å². The second-order valence-corrected chi connectivity index (χ2v) is 7.13. The van der Waals surface area contributed by atoms with Gasteiger partial charge in [0.2, 0.25) is 0 Å². The summed E-state index contributed by atoms with van der Waals surface area (Å²) in [6, 6.07) is 13.9. The van der Waals surface area contributed by atoms with E-state index >= 15 is 0 Å². The first-order valence-electron chi connectivity index (χ1n) is 9.72. The van der Waals surface area contributed by atoms with E-state index in [4.69, 9.17) is 14.2 Å². The van der Waals surface area contributed by atoms with E-state index in [-0.39, 0.29) is 11.8 Å². The van der Waals surface area contributed by atoms with E-state index in [0.29, 0.717) is 61.7 Å². The first-order chi connectivity index (χ1) is 14.1. The number of ether oxygens (including phenoxy) is 3. The molecule has 2 aliphatic heterocycles. The molecule has 0 unspecified atom stereocenters. The van der Waals surface area contributed by atoms with Gasteiger partial charge in [0.1, 0.15) is 5.75 Å². The third kappa shape index (κ3) is 4.11. The Morgan fingerprint density at radius 2 is 1.59 bits per heavy atom. The normalized spacial score (nSPS) is 17.9. The minimum atomic E-state index is -0.503. The standard InChI is InChI=1S/C22H24N2O5/c1-27-19-5-3-2-4-18(19)23-20(25)16-6-8-17(9-7-16)21(26)24-12-10-22(11-13-24)28-14-15-29-22/h2-9H,10-15H2,1H3,(H,23,25). The number of methoxy groups -OCH3 is 1. The van der Waals surface area contributed by atoms with E-state index in [0.717, 1.165) is 0 Å². The molecule has 0 radical (unpaired) electrons. The van der Waals surface area contributed by atoms with Gasteiger partial charge in [-0.05, 0) is 36.4 Å². The molecular weight excluding hydrogens is 372 g/mol. The van der Waals surface area contributed by atoms with Crippen molar-refractivity contribution in [3.63, 3.8) is 0 Å². The number of benzene rings is 2. The van der Waals surface area contributed by atoms with Gasteiger partial charge in [0.15, 0.2) is 5.79 Å². The van der Waals surface area contributed by atoms with Crippen molar-refractivity contribution in [1.29, 1.82) is 0 Å². The van der Waals surface area contributed by atoms with Crippen molar-refractivity contribution >= 4 is 17.5 Å². The first-order valence-corrected chi connectivity index (χ1v) is 9.72. The van der Waals surface area contributed by atoms with Crippen LogP contribution in [-0.4, -0.2) is 55.9 Å². The van der Waals surface area contributed by atoms with Gasteiger partial charge in [-0.1, -0.05) is 12.1 Å². The topological polar surface area (TPSA) is 77.1 Å². The predicted octanol–water partition coefficient (Wildman–Crippen LogP) is 2.93. The van der Waals surface area contributed by atoms with Crippen LogP contribution in [0.5, 0.6) is 5.75 Å². The Morgan fingerprint density at radius 1 is 0.966 bits per heavy atom. The molecule has 2 fully saturated rings. The fourth-order valence-corrected chi connectivity index (χ4v) is 3.73. The van der Waals surface area contributed by atoms with Crippen molar-refractivity contribution in [3.8, 4) is 5.75 Å². The number of amides is 2. The minimum Gasteiger partial charge on any atom is -0.495 e. The summed E-state index contributed by atoms with van der Waals surface area (Å²) in [4.78, 5) is 27.1. The highest BCUT2D eigenvalue weighted by Gasteiger charge is 2.40. The Hall–Kier alpha value is -2.90. The molecule has 0 bridgehead atoms. The van der Waals surface area contributed by atoms with Gasteiger partial charge in [0.05, 0.1) is 26.0 Å². The lowest BCUT2D eigenvalue weighted by Gasteiger charge is -2.37. The summed E-state index contributed by atoms with van der Waals surface area (Å²) in [7, 11) is 1.55. The van der Waals surface area contributed by atoms with Gasteiger partial charge in [-0.3, -0.25) is 9.59 Å². The summed E-state index contributed by atoms with van der Waals surface area (Å²) in [5.41, 5.74) is 1.62. The third-order valence-corrected chi connectivity index (χ3v) is 5.38. The molecule has 29 heavy (non-hydrogen) atoms. The molecule has 2 saturated heterocycles. The van der Waals surface area contributed by atoms with Crippen LogP contribution in [0.1, 0.15) is 33.6 Å². The number of nitrogens with one attached hydrogen (secondary N) is 1. The second kappa shape index (κ2) is 8.23. The van der Waals surface area contributed by atoms with Crippen molar-refractivity contribution in [2.75, 3.05) is 38.7 Å². The van der Waals surface area contributed by atoms with Gasteiger partial charge in [0.25, 0.3) is 11.8 Å². The lowest BCUT2D eigenvalue weighted by Crippen LogP contribution is -2.47. The molecular formula is C22H24N2O5. The highest BCUT2D eigenvalue weighted by Crippen LogP contribution is 2.31. The van der Waals surface area contributed by atoms with Gasteiger partial charge in [0, 0.05) is 37.1 Å². The maximum absolute atomic E-state index is 12.8. The summed E-state index contributed by atoms with van der Waals surface area (Å²) in [6.45, 7) is 2.42. The smallest absolute Gasteiger partial charge is 0.255 e. The van der Waals surface area contributed by atoms with E-state index in [1.54, 1.807) is 48.4 Å². The Balaban J connectivity index is 1.38. The van der Waals surface area contributed by atoms with Crippen molar-refractivity contribution in [1.82, 2.24) is 4.90 Å². The summed E-state index contributed by atoms with van der Waals surface area (Å²) < 4.78 is 16.7. The van der Waals surface area contributed by atoms with E-state index in [9.17, 15) is 9.59 Å². The number of carbonyl (C=O) groups excluding carboxylic acids is 2. The molecule has 0 saturated carbocycles. The Bertz CT molecular complexity index is 880. The quantitative estimate of drug-likeness (QED) is 0.860. The van der Waals surface area contributed by atoms with Gasteiger partial charge in [-0.25, -0.2) is 0 Å². The largest absolute Gasteiger partial charge is 0.495 e. The van der Waals surface area contributed by atoms with Crippen molar-refractivity contribution < 1.29 is 23.8 Å². The average Bonchev–Trinajstić information content (AvgIpc) is 3.22. The fourth-order valence-electron chi connectivity index (χ4n) is 3.73. The lowest BCUT2D eigenvalue weighted by atomic mass is 10.0. The average molecular weight is 396 g/mol. The molecule has 0 aromatic heterocycles. The van der Waals surface area contributed by atoms with Crippen LogP contribution in [0.15, 0.2) is 48.5 Å². The number of rotatable bonds is 4. The molecule has 2 aromatic rings. The number of hydrogen-bond acceptors (Lipinski definition) is 5. The molecule has 2 amide bonds. The Morgan fingerprint density at radius 3 is 2.24 bits per heavy atom. The number of anilines is 1. The summed E-state index contributed by atoms with van der Waals surface area (Å²) >= 11 is 0. The third-order valence-electron chi connectivity index (χ3n) is 5.38. The van der Waals surface area contributed by atoms with Gasteiger partial charge in [-0.15, -0.1) is 0 Å². The molecule has 0 aliphatic carbocycles. The van der Waals surface area contributed by atoms with Gasteiger partial charge in [-0.2, -0.15) is 0 Å². The maximum Gasteiger partial charge on any atom is 0.255 e. The van der Waals surface area contributed by atoms with E-state index in [1.165, 1.54) is 0 Å². The Kier molecular flexibility index (Phi) is 5.51. The van der Waals surface area contributed by atoms with Crippen LogP contribution in [0.25, 0.3) is 0 Å². The number of nitrogens with zero attached hydrogens (tertiary/aromatic N) is 1. The number of carbonyl (C=O) groups is 2. The Labute approximate surface area is 169 Å². The summed E-state index contributed by atoms with van der Waals surface area (Å²) in [5.74, 6) is -0.221. The fraction of sp³-hybridized carbons (Fsp3) is 0.364. The first kappa shape index (κ1) is 19.4. The molecule has 2 aromatic carbocycles. The summed E-state index contributed by atoms with van der Waals surface area (Å²) in [5, 5.41) is 2.83. The molecule has 7 nitrogen and oxygen atoms in total. The number of para-hydroxylation sites is 2. The SMILES string of the molecule is COc1ccccc1NC(=O)c1ccc(C(=O)N2CCC3(CC2)OCCO3)cc1. The van der Waals surface area contributed by atoms with E-state index in [1.807, 2.05) is 12.1 Å². The molecule has 4 rings (SSSR count). The molecule has 7 heteroatoms. The summed E-state index contributed by atoms with van der Waals surface area (Å²) in [6.07, 6.45) is 1.36. The van der Waals surface area contributed by atoms with Crippen LogP contribution >= 0.6 is 0 Å². The zero-order valence-electron chi connectivity index (χ0n) is 16.3. The van der Waals surface area contributed by atoms with Gasteiger partial charge < -0.3 is 24.4 Å². The number of piperidine rings is 1. The molecule has 1 N–H and O–H groups in total. The van der Waals surface area contributed by atoms with Gasteiger partial charge >= 0.3 is 0 Å². The number of likely N-dealkylation sites (tertiary alicyclic amines) is 1. The molecule has 2 heterocycles. The highest BCUT2D eigenvalue weighted by molar-refractivity contribution is 6.05. The van der Waals surface area contributed by atoms with Crippen LogP contribution in [0.3, 0.4) is 0 Å². The van der Waals surface area contributed by atoms with Crippen LogP contribution in [-0.2, 0) is 9.47 Å². The van der Waals surface area contributed by atoms with Crippen molar-refractivity contribution in [3.05, 3.63) is 59.7 Å². The molecule has 0 atom stereocenters. The maximum atomic E-state index is 12.8. The zero-order chi connectivity index (χ0) is 20.3. The predicted molar refractivity (Wildman–Crippen MR) is 107 cm³/mol. The minimum absolute atomic E-state index is 0.0467. The zero-order valence-corrected chi connectivity index (χ0v) is 16.3. The van der Waals surface area contributed by atoms with E-state index < -0.39 is 5.79 Å². The van der Waals surface area contributed by atoms with Crippen molar-refractivity contribution in [2.45, 2.75) is 18.6 Å². The monoisotopic (exact) mass is 396 g/mol.